The van der Waals surface area contributed by atoms with Crippen LogP contribution in [0.2, 0.25) is 0 Å². The van der Waals surface area contributed by atoms with Crippen molar-refractivity contribution in [3.63, 3.8) is 0 Å². The Kier molecular flexibility index (Phi) is 4.37. The topological polar surface area (TPSA) is 75.6 Å². The van der Waals surface area contributed by atoms with Gasteiger partial charge in [0.05, 0.1) is 6.61 Å². The van der Waals surface area contributed by atoms with Gasteiger partial charge in [0.1, 0.15) is 0 Å². The molecule has 0 aromatic carbocycles. The van der Waals surface area contributed by atoms with Crippen LogP contribution < -0.4 is 5.32 Å². The first-order valence-corrected chi connectivity index (χ1v) is 6.29. The van der Waals surface area contributed by atoms with Gasteiger partial charge in [-0.25, -0.2) is 4.79 Å². The molecule has 104 valence electrons. The van der Waals surface area contributed by atoms with Gasteiger partial charge < -0.3 is 15.2 Å². The molecule has 5 heteroatoms. The number of nitrogens with one attached hydrogen (secondary N) is 1. The summed E-state index contributed by atoms with van der Waals surface area (Å²) in [4.78, 5) is 23.2. The van der Waals surface area contributed by atoms with E-state index in [1.54, 1.807) is 0 Å². The number of hydrogen-bond donors (Lipinski definition) is 2. The van der Waals surface area contributed by atoms with Gasteiger partial charge in [-0.3, -0.25) is 4.79 Å². The predicted octanol–water partition coefficient (Wildman–Crippen LogP) is 1.42. The lowest BCUT2D eigenvalue weighted by atomic mass is 9.80. The van der Waals surface area contributed by atoms with Crippen molar-refractivity contribution in [2.24, 2.45) is 11.3 Å². The maximum Gasteiger partial charge on any atom is 0.331 e. The van der Waals surface area contributed by atoms with Gasteiger partial charge in [-0.05, 0) is 11.3 Å². The Labute approximate surface area is 108 Å². The Morgan fingerprint density at radius 1 is 1.44 bits per heavy atom. The fourth-order valence-corrected chi connectivity index (χ4v) is 1.79. The molecule has 0 spiro atoms. The maximum atomic E-state index is 11.9. The van der Waals surface area contributed by atoms with Crippen molar-refractivity contribution in [2.45, 2.75) is 46.1 Å². The Bertz CT molecular complexity index is 326. The van der Waals surface area contributed by atoms with Gasteiger partial charge in [0.25, 0.3) is 0 Å². The van der Waals surface area contributed by atoms with Crippen LogP contribution in [0.15, 0.2) is 0 Å². The standard InChI is InChI=1S/C13H23NO4/c1-9(12(2,3)4)7-10(15)14-13(11(16)17)5-6-18-8-13/h9H,5-8H2,1-4H3,(H,14,15)(H,16,17). The van der Waals surface area contributed by atoms with Crippen molar-refractivity contribution in [3.8, 4) is 0 Å². The molecule has 2 N–H and O–H groups in total. The quantitative estimate of drug-likeness (QED) is 0.798. The summed E-state index contributed by atoms with van der Waals surface area (Å²) in [6.45, 7) is 8.63. The highest BCUT2D eigenvalue weighted by Crippen LogP contribution is 2.28. The van der Waals surface area contributed by atoms with Gasteiger partial charge in [0.2, 0.25) is 5.91 Å². The van der Waals surface area contributed by atoms with E-state index in [0.717, 1.165) is 0 Å². The van der Waals surface area contributed by atoms with E-state index < -0.39 is 11.5 Å². The monoisotopic (exact) mass is 257 g/mol. The first-order chi connectivity index (χ1) is 8.17. The van der Waals surface area contributed by atoms with Crippen LogP contribution >= 0.6 is 0 Å². The van der Waals surface area contributed by atoms with Crippen LogP contribution in [0.4, 0.5) is 0 Å². The molecule has 1 heterocycles. The minimum Gasteiger partial charge on any atom is -0.479 e. The Morgan fingerprint density at radius 3 is 2.44 bits per heavy atom. The summed E-state index contributed by atoms with van der Waals surface area (Å²) in [5.74, 6) is -1.05. The highest BCUT2D eigenvalue weighted by atomic mass is 16.5. The second kappa shape index (κ2) is 5.26. The zero-order valence-corrected chi connectivity index (χ0v) is 11.6. The molecule has 1 saturated heterocycles. The number of ether oxygens (including phenoxy) is 1. The van der Waals surface area contributed by atoms with E-state index in [9.17, 15) is 14.7 Å². The molecule has 5 nitrogen and oxygen atoms in total. The van der Waals surface area contributed by atoms with Crippen LogP contribution in [-0.4, -0.2) is 35.7 Å². The molecule has 1 aliphatic heterocycles. The zero-order chi connectivity index (χ0) is 14.0. The number of hydrogen-bond acceptors (Lipinski definition) is 3. The summed E-state index contributed by atoms with van der Waals surface area (Å²) >= 11 is 0. The average Bonchev–Trinajstić information content (AvgIpc) is 2.65. The SMILES string of the molecule is CC(CC(=O)NC1(C(=O)O)CCOC1)C(C)(C)C. The maximum absolute atomic E-state index is 11.9. The molecular weight excluding hydrogens is 234 g/mol. The third-order valence-electron chi connectivity index (χ3n) is 3.78. The van der Waals surface area contributed by atoms with Gasteiger partial charge in [-0.15, -0.1) is 0 Å². The van der Waals surface area contributed by atoms with E-state index in [-0.39, 0.29) is 23.8 Å². The van der Waals surface area contributed by atoms with E-state index in [2.05, 4.69) is 26.1 Å². The van der Waals surface area contributed by atoms with Gasteiger partial charge in [-0.1, -0.05) is 27.7 Å². The van der Waals surface area contributed by atoms with Crippen molar-refractivity contribution in [1.29, 1.82) is 0 Å². The summed E-state index contributed by atoms with van der Waals surface area (Å²) in [6.07, 6.45) is 0.663. The van der Waals surface area contributed by atoms with Gasteiger partial charge in [0.15, 0.2) is 5.54 Å². The molecule has 0 aliphatic carbocycles. The summed E-state index contributed by atoms with van der Waals surface area (Å²) in [7, 11) is 0. The largest absolute Gasteiger partial charge is 0.479 e. The molecule has 0 radical (unpaired) electrons. The molecule has 1 aliphatic rings. The molecule has 2 unspecified atom stereocenters. The Balaban J connectivity index is 2.61. The number of carboxylic acid groups (broad SMARTS) is 1. The number of rotatable bonds is 4. The molecular formula is C13H23NO4. The molecule has 18 heavy (non-hydrogen) atoms. The number of carbonyl (C=O) groups is 2. The molecule has 2 atom stereocenters. The first-order valence-electron chi connectivity index (χ1n) is 6.29. The summed E-state index contributed by atoms with van der Waals surface area (Å²) in [5.41, 5.74) is -1.20. The van der Waals surface area contributed by atoms with E-state index in [4.69, 9.17) is 4.74 Å². The molecule has 1 amide bonds. The highest BCUT2D eigenvalue weighted by molar-refractivity contribution is 5.87. The molecule has 0 aromatic heterocycles. The molecule has 0 aromatic rings. The van der Waals surface area contributed by atoms with Crippen molar-refractivity contribution in [1.82, 2.24) is 5.32 Å². The molecule has 0 bridgehead atoms. The summed E-state index contributed by atoms with van der Waals surface area (Å²) in [5, 5.41) is 11.8. The van der Waals surface area contributed by atoms with Crippen LogP contribution in [0.5, 0.6) is 0 Å². The number of aliphatic carboxylic acids is 1. The Hall–Kier alpha value is -1.10. The summed E-state index contributed by atoms with van der Waals surface area (Å²) in [6, 6.07) is 0. The Morgan fingerprint density at radius 2 is 2.06 bits per heavy atom. The summed E-state index contributed by atoms with van der Waals surface area (Å²) < 4.78 is 5.10. The first kappa shape index (κ1) is 15.0. The minimum absolute atomic E-state index is 0.0277. The second-order valence-electron chi connectivity index (χ2n) is 6.21. The average molecular weight is 257 g/mol. The van der Waals surface area contributed by atoms with E-state index in [0.29, 0.717) is 19.4 Å². The van der Waals surface area contributed by atoms with Crippen LogP contribution in [-0.2, 0) is 14.3 Å². The van der Waals surface area contributed by atoms with Gasteiger partial charge in [0, 0.05) is 19.4 Å². The van der Waals surface area contributed by atoms with Crippen LogP contribution in [0.3, 0.4) is 0 Å². The third kappa shape index (κ3) is 3.45. The number of carboxylic acids is 1. The smallest absolute Gasteiger partial charge is 0.331 e. The predicted molar refractivity (Wildman–Crippen MR) is 67.2 cm³/mol. The fourth-order valence-electron chi connectivity index (χ4n) is 1.79. The normalized spacial score (nSPS) is 25.8. The van der Waals surface area contributed by atoms with E-state index in [1.807, 2.05) is 6.92 Å². The van der Waals surface area contributed by atoms with E-state index in [1.165, 1.54) is 0 Å². The lowest BCUT2D eigenvalue weighted by molar-refractivity contribution is -0.147. The lowest BCUT2D eigenvalue weighted by Crippen LogP contribution is -2.55. The zero-order valence-electron chi connectivity index (χ0n) is 11.6. The van der Waals surface area contributed by atoms with Crippen molar-refractivity contribution in [2.75, 3.05) is 13.2 Å². The van der Waals surface area contributed by atoms with Crippen LogP contribution in [0, 0.1) is 11.3 Å². The third-order valence-corrected chi connectivity index (χ3v) is 3.78. The fraction of sp³-hybridized carbons (Fsp3) is 0.846. The van der Waals surface area contributed by atoms with Crippen molar-refractivity contribution >= 4 is 11.9 Å². The lowest BCUT2D eigenvalue weighted by Gasteiger charge is -2.29. The van der Waals surface area contributed by atoms with Crippen LogP contribution in [0.25, 0.3) is 0 Å². The van der Waals surface area contributed by atoms with Gasteiger partial charge >= 0.3 is 5.97 Å². The van der Waals surface area contributed by atoms with E-state index >= 15 is 0 Å². The van der Waals surface area contributed by atoms with Crippen molar-refractivity contribution < 1.29 is 19.4 Å². The van der Waals surface area contributed by atoms with Gasteiger partial charge in [-0.2, -0.15) is 0 Å². The second-order valence-corrected chi connectivity index (χ2v) is 6.21. The van der Waals surface area contributed by atoms with Crippen molar-refractivity contribution in [3.05, 3.63) is 0 Å². The highest BCUT2D eigenvalue weighted by Gasteiger charge is 2.44. The number of amides is 1. The molecule has 1 rings (SSSR count). The molecule has 1 fully saturated rings. The molecule has 0 saturated carbocycles. The number of carbonyl (C=O) groups excluding carboxylic acids is 1. The van der Waals surface area contributed by atoms with Crippen LogP contribution in [0.1, 0.15) is 40.5 Å². The minimum atomic E-state index is -1.23.